The fraction of sp³-hybridized carbons (Fsp3) is 0. The molecule has 0 spiro atoms. The summed E-state index contributed by atoms with van der Waals surface area (Å²) in [6.45, 7) is 0. The molecule has 0 saturated heterocycles. The summed E-state index contributed by atoms with van der Waals surface area (Å²) in [6.07, 6.45) is 3.29. The second-order valence-electron chi connectivity index (χ2n) is 3.60. The Morgan fingerprint density at radius 2 is 1.17 bits per heavy atom. The Balaban J connectivity index is 2.03. The highest BCUT2D eigenvalue weighted by Gasteiger charge is 1.90. The van der Waals surface area contributed by atoms with Crippen LogP contribution in [0.2, 0.25) is 10.0 Å². The lowest BCUT2D eigenvalue weighted by Crippen LogP contribution is -1.81. The Morgan fingerprint density at radius 3 is 1.56 bits per heavy atom. The third kappa shape index (κ3) is 3.99. The fourth-order valence-electron chi connectivity index (χ4n) is 1.37. The van der Waals surface area contributed by atoms with Gasteiger partial charge in [-0.2, -0.15) is 10.2 Å². The first-order valence-corrected chi connectivity index (χ1v) is 6.07. The number of halogens is 2. The van der Waals surface area contributed by atoms with Crippen LogP contribution in [0.15, 0.2) is 58.7 Å². The van der Waals surface area contributed by atoms with Crippen molar-refractivity contribution >= 4 is 35.6 Å². The molecule has 2 nitrogen and oxygen atoms in total. The highest BCUT2D eigenvalue weighted by molar-refractivity contribution is 6.31. The molecule has 18 heavy (non-hydrogen) atoms. The molecule has 4 heteroatoms. The van der Waals surface area contributed by atoms with E-state index < -0.39 is 0 Å². The smallest absolute Gasteiger partial charge is 0.0568 e. The number of rotatable bonds is 3. The van der Waals surface area contributed by atoms with Crippen molar-refractivity contribution in [3.63, 3.8) is 0 Å². The maximum Gasteiger partial charge on any atom is 0.0568 e. The zero-order valence-electron chi connectivity index (χ0n) is 9.42. The minimum absolute atomic E-state index is 0.678. The predicted octanol–water partition coefficient (Wildman–Crippen LogP) is 4.45. The average molecular weight is 277 g/mol. The molecule has 90 valence electrons. The van der Waals surface area contributed by atoms with Crippen LogP contribution >= 0.6 is 23.2 Å². The van der Waals surface area contributed by atoms with Gasteiger partial charge in [0.05, 0.1) is 12.4 Å². The summed E-state index contributed by atoms with van der Waals surface area (Å²) in [7, 11) is 0. The van der Waals surface area contributed by atoms with Crippen LogP contribution in [0.3, 0.4) is 0 Å². The molecular formula is C14H10Cl2N2. The topological polar surface area (TPSA) is 24.7 Å². The molecule has 0 aromatic heterocycles. The van der Waals surface area contributed by atoms with E-state index in [1.807, 2.05) is 48.5 Å². The third-order valence-corrected chi connectivity index (χ3v) is 2.65. The summed E-state index contributed by atoms with van der Waals surface area (Å²) in [4.78, 5) is 0. The molecule has 0 atom stereocenters. The van der Waals surface area contributed by atoms with Gasteiger partial charge in [0.2, 0.25) is 0 Å². The average Bonchev–Trinajstić information content (AvgIpc) is 2.35. The SMILES string of the molecule is Clc1cccc(/C=N\N=C\c2cccc(Cl)c2)c1. The predicted molar refractivity (Wildman–Crippen MR) is 78.1 cm³/mol. The van der Waals surface area contributed by atoms with Crippen molar-refractivity contribution in [2.45, 2.75) is 0 Å². The molecule has 0 radical (unpaired) electrons. The van der Waals surface area contributed by atoms with Crippen molar-refractivity contribution in [1.29, 1.82) is 0 Å². The lowest BCUT2D eigenvalue weighted by Gasteiger charge is -1.92. The van der Waals surface area contributed by atoms with Crippen molar-refractivity contribution in [3.05, 3.63) is 69.7 Å². The summed E-state index contributed by atoms with van der Waals surface area (Å²) in [5.74, 6) is 0. The van der Waals surface area contributed by atoms with Crippen LogP contribution in [-0.4, -0.2) is 12.4 Å². The standard InChI is InChI=1S/C14H10Cl2N2/c15-13-5-1-3-11(7-13)9-17-18-10-12-4-2-6-14(16)8-12/h1-10H/b17-9-,18-10+. The van der Waals surface area contributed by atoms with Crippen LogP contribution in [0.1, 0.15) is 11.1 Å². The van der Waals surface area contributed by atoms with Gasteiger partial charge in [-0.05, 0) is 35.4 Å². The summed E-state index contributed by atoms with van der Waals surface area (Å²) in [5, 5.41) is 9.26. The Labute approximate surface area is 116 Å². The number of hydrogen-bond donors (Lipinski definition) is 0. The first-order chi connectivity index (χ1) is 8.74. The van der Waals surface area contributed by atoms with Crippen LogP contribution in [0.4, 0.5) is 0 Å². The summed E-state index contributed by atoms with van der Waals surface area (Å²) in [5.41, 5.74) is 1.82. The fourth-order valence-corrected chi connectivity index (χ4v) is 1.77. The summed E-state index contributed by atoms with van der Waals surface area (Å²) >= 11 is 11.7. The minimum atomic E-state index is 0.678. The molecule has 2 rings (SSSR count). The molecule has 0 heterocycles. The molecule has 0 aliphatic carbocycles. The van der Waals surface area contributed by atoms with Crippen LogP contribution < -0.4 is 0 Å². The van der Waals surface area contributed by atoms with Crippen LogP contribution in [0.5, 0.6) is 0 Å². The van der Waals surface area contributed by atoms with Gasteiger partial charge in [-0.15, -0.1) is 0 Å². The molecule has 0 saturated carbocycles. The summed E-state index contributed by atoms with van der Waals surface area (Å²) < 4.78 is 0. The van der Waals surface area contributed by atoms with E-state index in [0.717, 1.165) is 11.1 Å². The summed E-state index contributed by atoms with van der Waals surface area (Å²) in [6, 6.07) is 14.8. The van der Waals surface area contributed by atoms with Crippen molar-refractivity contribution < 1.29 is 0 Å². The van der Waals surface area contributed by atoms with Crippen LogP contribution in [0.25, 0.3) is 0 Å². The monoisotopic (exact) mass is 276 g/mol. The minimum Gasteiger partial charge on any atom is -0.159 e. The largest absolute Gasteiger partial charge is 0.159 e. The van der Waals surface area contributed by atoms with E-state index >= 15 is 0 Å². The van der Waals surface area contributed by atoms with E-state index in [-0.39, 0.29) is 0 Å². The molecule has 0 N–H and O–H groups in total. The second-order valence-corrected chi connectivity index (χ2v) is 4.47. The van der Waals surface area contributed by atoms with E-state index in [2.05, 4.69) is 10.2 Å². The Bertz CT molecular complexity index is 538. The molecular weight excluding hydrogens is 267 g/mol. The van der Waals surface area contributed by atoms with Gasteiger partial charge in [0.25, 0.3) is 0 Å². The first kappa shape index (κ1) is 12.8. The van der Waals surface area contributed by atoms with Gasteiger partial charge in [0, 0.05) is 10.0 Å². The highest BCUT2D eigenvalue weighted by Crippen LogP contribution is 2.10. The number of hydrogen-bond acceptors (Lipinski definition) is 2. The quantitative estimate of drug-likeness (QED) is 0.585. The van der Waals surface area contributed by atoms with Gasteiger partial charge in [-0.3, -0.25) is 0 Å². The van der Waals surface area contributed by atoms with E-state index in [1.165, 1.54) is 0 Å². The van der Waals surface area contributed by atoms with E-state index in [1.54, 1.807) is 12.4 Å². The Hall–Kier alpha value is -1.64. The van der Waals surface area contributed by atoms with Gasteiger partial charge < -0.3 is 0 Å². The number of nitrogens with zero attached hydrogens (tertiary/aromatic N) is 2. The van der Waals surface area contributed by atoms with Gasteiger partial charge in [0.15, 0.2) is 0 Å². The lowest BCUT2D eigenvalue weighted by atomic mass is 10.2. The third-order valence-electron chi connectivity index (χ3n) is 2.18. The van der Waals surface area contributed by atoms with E-state index in [4.69, 9.17) is 23.2 Å². The molecule has 0 aliphatic rings. The van der Waals surface area contributed by atoms with Crippen molar-refractivity contribution in [1.82, 2.24) is 0 Å². The maximum atomic E-state index is 5.86. The molecule has 0 unspecified atom stereocenters. The van der Waals surface area contributed by atoms with Gasteiger partial charge >= 0.3 is 0 Å². The molecule has 0 bridgehead atoms. The first-order valence-electron chi connectivity index (χ1n) is 5.31. The zero-order chi connectivity index (χ0) is 12.8. The van der Waals surface area contributed by atoms with Crippen molar-refractivity contribution in [2.75, 3.05) is 0 Å². The highest BCUT2D eigenvalue weighted by atomic mass is 35.5. The Kier molecular flexibility index (Phi) is 4.51. The second kappa shape index (κ2) is 6.34. The van der Waals surface area contributed by atoms with Crippen molar-refractivity contribution in [3.8, 4) is 0 Å². The normalized spacial score (nSPS) is 11.4. The van der Waals surface area contributed by atoms with Crippen LogP contribution in [0, 0.1) is 0 Å². The van der Waals surface area contributed by atoms with Crippen LogP contribution in [-0.2, 0) is 0 Å². The molecule has 0 fully saturated rings. The van der Waals surface area contributed by atoms with E-state index in [9.17, 15) is 0 Å². The van der Waals surface area contributed by atoms with E-state index in [0.29, 0.717) is 10.0 Å². The zero-order valence-corrected chi connectivity index (χ0v) is 10.9. The number of benzene rings is 2. The maximum absolute atomic E-state index is 5.86. The van der Waals surface area contributed by atoms with Gasteiger partial charge in [0.1, 0.15) is 0 Å². The van der Waals surface area contributed by atoms with Gasteiger partial charge in [-0.1, -0.05) is 47.5 Å². The lowest BCUT2D eigenvalue weighted by molar-refractivity contribution is 1.26. The molecule has 2 aromatic carbocycles. The Morgan fingerprint density at radius 1 is 0.722 bits per heavy atom. The molecule has 0 amide bonds. The van der Waals surface area contributed by atoms with Crippen molar-refractivity contribution in [2.24, 2.45) is 10.2 Å². The molecule has 2 aromatic rings. The van der Waals surface area contributed by atoms with Gasteiger partial charge in [-0.25, -0.2) is 0 Å². The molecule has 0 aliphatic heterocycles.